The summed E-state index contributed by atoms with van der Waals surface area (Å²) in [6.07, 6.45) is 1.21. The maximum Gasteiger partial charge on any atom is 0.274 e. The minimum absolute atomic E-state index is 0.251. The minimum Gasteiger partial charge on any atom is -0.267 e. The van der Waals surface area contributed by atoms with Crippen LogP contribution in [-0.4, -0.2) is 16.8 Å². The highest BCUT2D eigenvalue weighted by Crippen LogP contribution is 2.04. The molecule has 7 heteroatoms. The fourth-order valence-electron chi connectivity index (χ4n) is 1.50. The molecular formula is C14H9FN4O2. The Balaban J connectivity index is 1.99. The third-order valence-electron chi connectivity index (χ3n) is 2.57. The summed E-state index contributed by atoms with van der Waals surface area (Å²) >= 11 is 0. The first-order valence-electron chi connectivity index (χ1n) is 5.83. The first kappa shape index (κ1) is 14.1. The highest BCUT2D eigenvalue weighted by Gasteiger charge is 2.13. The van der Waals surface area contributed by atoms with E-state index in [4.69, 9.17) is 5.26 Å². The second-order valence-corrected chi connectivity index (χ2v) is 3.94. The fraction of sp³-hybridized carbons (Fsp3) is 0. The van der Waals surface area contributed by atoms with Gasteiger partial charge in [-0.3, -0.25) is 20.4 Å². The third kappa shape index (κ3) is 3.39. The van der Waals surface area contributed by atoms with Crippen molar-refractivity contribution in [1.82, 2.24) is 15.8 Å². The molecule has 1 aromatic heterocycles. The van der Waals surface area contributed by atoms with Gasteiger partial charge in [0.05, 0.1) is 17.2 Å². The van der Waals surface area contributed by atoms with Crippen molar-refractivity contribution in [1.29, 1.82) is 5.26 Å². The van der Waals surface area contributed by atoms with Crippen LogP contribution in [0.1, 0.15) is 26.3 Å². The fourth-order valence-corrected chi connectivity index (χ4v) is 1.50. The average molecular weight is 284 g/mol. The van der Waals surface area contributed by atoms with Crippen molar-refractivity contribution in [2.24, 2.45) is 0 Å². The monoisotopic (exact) mass is 284 g/mol. The topological polar surface area (TPSA) is 94.9 Å². The summed E-state index contributed by atoms with van der Waals surface area (Å²) in [7, 11) is 0. The average Bonchev–Trinajstić information content (AvgIpc) is 2.52. The smallest absolute Gasteiger partial charge is 0.267 e. The van der Waals surface area contributed by atoms with Crippen LogP contribution in [0, 0.1) is 17.3 Å². The molecule has 1 heterocycles. The van der Waals surface area contributed by atoms with Gasteiger partial charge in [0.1, 0.15) is 0 Å². The van der Waals surface area contributed by atoms with E-state index in [1.54, 1.807) is 0 Å². The lowest BCUT2D eigenvalue weighted by molar-refractivity contribution is 0.0843. The van der Waals surface area contributed by atoms with Gasteiger partial charge in [0, 0.05) is 11.8 Å². The Morgan fingerprint density at radius 2 is 1.76 bits per heavy atom. The molecule has 6 nitrogen and oxygen atoms in total. The maximum absolute atomic E-state index is 13.3. The summed E-state index contributed by atoms with van der Waals surface area (Å²) in [5.74, 6) is -2.33. The van der Waals surface area contributed by atoms with E-state index >= 15 is 0 Å². The number of hydrazine groups is 1. The molecule has 0 atom stereocenters. The second kappa shape index (κ2) is 6.25. The van der Waals surface area contributed by atoms with E-state index in [0.717, 1.165) is 0 Å². The van der Waals surface area contributed by atoms with Crippen LogP contribution >= 0.6 is 0 Å². The SMILES string of the molecule is N#Cc1ccc(C(=O)NNC(=O)c2cccnc2F)cc1. The molecule has 1 aromatic carbocycles. The summed E-state index contributed by atoms with van der Waals surface area (Å²) < 4.78 is 13.3. The lowest BCUT2D eigenvalue weighted by Gasteiger charge is -2.07. The van der Waals surface area contributed by atoms with Crippen LogP contribution in [0.3, 0.4) is 0 Å². The number of rotatable bonds is 2. The van der Waals surface area contributed by atoms with Gasteiger partial charge in [0.15, 0.2) is 0 Å². The van der Waals surface area contributed by atoms with Crippen LogP contribution in [0.25, 0.3) is 0 Å². The molecule has 0 saturated carbocycles. The Bertz CT molecular complexity index is 722. The van der Waals surface area contributed by atoms with Crippen LogP contribution in [0.5, 0.6) is 0 Å². The van der Waals surface area contributed by atoms with Gasteiger partial charge in [0.2, 0.25) is 5.95 Å². The van der Waals surface area contributed by atoms with Crippen molar-refractivity contribution in [2.75, 3.05) is 0 Å². The number of pyridine rings is 1. The summed E-state index contributed by atoms with van der Waals surface area (Å²) in [5.41, 5.74) is 4.61. The maximum atomic E-state index is 13.3. The zero-order chi connectivity index (χ0) is 15.2. The van der Waals surface area contributed by atoms with E-state index in [1.807, 2.05) is 6.07 Å². The molecule has 2 aromatic rings. The Morgan fingerprint density at radius 1 is 1.10 bits per heavy atom. The molecule has 0 unspecified atom stereocenters. The molecule has 0 spiro atoms. The van der Waals surface area contributed by atoms with Gasteiger partial charge in [-0.1, -0.05) is 0 Å². The van der Waals surface area contributed by atoms with Gasteiger partial charge in [-0.15, -0.1) is 0 Å². The summed E-state index contributed by atoms with van der Waals surface area (Å²) in [6, 6.07) is 10.4. The van der Waals surface area contributed by atoms with Crippen LogP contribution in [0.4, 0.5) is 4.39 Å². The van der Waals surface area contributed by atoms with Crippen LogP contribution in [-0.2, 0) is 0 Å². The van der Waals surface area contributed by atoms with E-state index in [1.165, 1.54) is 42.6 Å². The number of nitriles is 1. The zero-order valence-corrected chi connectivity index (χ0v) is 10.6. The number of amides is 2. The second-order valence-electron chi connectivity index (χ2n) is 3.94. The van der Waals surface area contributed by atoms with E-state index in [0.29, 0.717) is 5.56 Å². The number of carbonyl (C=O) groups excluding carboxylic acids is 2. The number of halogens is 1. The van der Waals surface area contributed by atoms with Crippen LogP contribution in [0.2, 0.25) is 0 Å². The molecule has 0 aliphatic carbocycles. The number of nitrogens with zero attached hydrogens (tertiary/aromatic N) is 2. The molecule has 0 bridgehead atoms. The zero-order valence-electron chi connectivity index (χ0n) is 10.6. The quantitative estimate of drug-likeness (QED) is 0.639. The lowest BCUT2D eigenvalue weighted by Crippen LogP contribution is -2.42. The number of benzene rings is 1. The molecule has 0 aliphatic rings. The molecule has 0 fully saturated rings. The number of nitrogens with one attached hydrogen (secondary N) is 2. The molecule has 0 radical (unpaired) electrons. The number of aromatic nitrogens is 1. The van der Waals surface area contributed by atoms with Crippen molar-refractivity contribution < 1.29 is 14.0 Å². The Hall–Kier alpha value is -3.27. The van der Waals surface area contributed by atoms with Crippen LogP contribution in [0.15, 0.2) is 42.6 Å². The summed E-state index contributed by atoms with van der Waals surface area (Å²) in [4.78, 5) is 26.7. The Kier molecular flexibility index (Phi) is 4.21. The van der Waals surface area contributed by atoms with E-state index < -0.39 is 17.8 Å². The van der Waals surface area contributed by atoms with Crippen molar-refractivity contribution in [3.63, 3.8) is 0 Å². The molecule has 104 valence electrons. The molecule has 2 rings (SSSR count). The van der Waals surface area contributed by atoms with E-state index in [-0.39, 0.29) is 11.1 Å². The Labute approximate surface area is 119 Å². The Morgan fingerprint density at radius 3 is 2.38 bits per heavy atom. The van der Waals surface area contributed by atoms with E-state index in [9.17, 15) is 14.0 Å². The molecular weight excluding hydrogens is 275 g/mol. The first-order valence-corrected chi connectivity index (χ1v) is 5.83. The largest absolute Gasteiger partial charge is 0.274 e. The molecule has 2 N–H and O–H groups in total. The van der Waals surface area contributed by atoms with Gasteiger partial charge >= 0.3 is 0 Å². The van der Waals surface area contributed by atoms with Gasteiger partial charge < -0.3 is 0 Å². The molecule has 2 amide bonds. The highest BCUT2D eigenvalue weighted by molar-refractivity contribution is 5.99. The van der Waals surface area contributed by atoms with Gasteiger partial charge in [-0.25, -0.2) is 4.98 Å². The number of hydrogen-bond acceptors (Lipinski definition) is 4. The van der Waals surface area contributed by atoms with Crippen LogP contribution < -0.4 is 10.9 Å². The van der Waals surface area contributed by atoms with E-state index in [2.05, 4.69) is 15.8 Å². The standard InChI is InChI=1S/C14H9FN4O2/c15-12-11(2-1-7-17-12)14(21)19-18-13(20)10-5-3-9(8-16)4-6-10/h1-7H,(H,18,20)(H,19,21). The van der Waals surface area contributed by atoms with Gasteiger partial charge in [-0.2, -0.15) is 9.65 Å². The predicted octanol–water partition coefficient (Wildman–Crippen LogP) is 1.17. The van der Waals surface area contributed by atoms with Gasteiger partial charge in [-0.05, 0) is 36.4 Å². The highest BCUT2D eigenvalue weighted by atomic mass is 19.1. The molecule has 0 aliphatic heterocycles. The van der Waals surface area contributed by atoms with Crippen molar-refractivity contribution in [3.8, 4) is 6.07 Å². The third-order valence-corrected chi connectivity index (χ3v) is 2.57. The van der Waals surface area contributed by atoms with Crippen molar-refractivity contribution in [2.45, 2.75) is 0 Å². The predicted molar refractivity (Wildman–Crippen MR) is 70.3 cm³/mol. The van der Waals surface area contributed by atoms with Crippen molar-refractivity contribution >= 4 is 11.8 Å². The first-order chi connectivity index (χ1) is 10.1. The lowest BCUT2D eigenvalue weighted by atomic mass is 10.1. The van der Waals surface area contributed by atoms with Crippen molar-refractivity contribution in [3.05, 3.63) is 65.2 Å². The van der Waals surface area contributed by atoms with Gasteiger partial charge in [0.25, 0.3) is 11.8 Å². The molecule has 0 saturated heterocycles. The number of hydrogen-bond donors (Lipinski definition) is 2. The molecule has 21 heavy (non-hydrogen) atoms. The normalized spacial score (nSPS) is 9.52. The minimum atomic E-state index is -0.928. The summed E-state index contributed by atoms with van der Waals surface area (Å²) in [5, 5.41) is 8.65. The summed E-state index contributed by atoms with van der Waals surface area (Å²) in [6.45, 7) is 0. The number of carbonyl (C=O) groups is 2.